The molecule has 2 aromatic heterocycles. The van der Waals surface area contributed by atoms with Crippen molar-refractivity contribution in [3.05, 3.63) is 106 Å². The van der Waals surface area contributed by atoms with E-state index >= 15 is 0 Å². The van der Waals surface area contributed by atoms with Crippen LogP contribution < -0.4 is 0 Å². The lowest BCUT2D eigenvalue weighted by atomic mass is 10.0. The van der Waals surface area contributed by atoms with E-state index in [1.54, 1.807) is 22.4 Å². The van der Waals surface area contributed by atoms with Crippen LogP contribution in [0.3, 0.4) is 0 Å². The van der Waals surface area contributed by atoms with Crippen LogP contribution >= 0.6 is 22.9 Å². The maximum absolute atomic E-state index is 13.2. The number of rotatable bonds is 6. The monoisotopic (exact) mass is 575 g/mol. The average molecular weight is 576 g/mol. The van der Waals surface area contributed by atoms with Gasteiger partial charge in [-0.2, -0.15) is 0 Å². The number of benzene rings is 3. The van der Waals surface area contributed by atoms with E-state index < -0.39 is 9.84 Å². The first-order valence-electron chi connectivity index (χ1n) is 12.2. The van der Waals surface area contributed by atoms with Crippen LogP contribution in [0.2, 0.25) is 5.02 Å². The molecule has 1 amide bonds. The van der Waals surface area contributed by atoms with E-state index in [0.717, 1.165) is 11.1 Å². The van der Waals surface area contributed by atoms with Gasteiger partial charge in [0.15, 0.2) is 21.5 Å². The third-order valence-electron chi connectivity index (χ3n) is 6.55. The van der Waals surface area contributed by atoms with Gasteiger partial charge in [0, 0.05) is 29.1 Å². The summed E-state index contributed by atoms with van der Waals surface area (Å²) in [4.78, 5) is 19.7. The molecule has 0 N–H and O–H groups in total. The van der Waals surface area contributed by atoms with Crippen LogP contribution in [0.25, 0.3) is 22.6 Å². The minimum absolute atomic E-state index is 0.0613. The highest BCUT2D eigenvalue weighted by Crippen LogP contribution is 2.27. The third kappa shape index (κ3) is 5.23. The molecule has 6 rings (SSSR count). The minimum Gasteiger partial charge on any atom is -0.329 e. The molecule has 196 valence electrons. The van der Waals surface area contributed by atoms with Crippen molar-refractivity contribution < 1.29 is 13.2 Å². The molecule has 3 aromatic carbocycles. The molecular weight excluding hydrogens is 554 g/mol. The molecule has 0 saturated heterocycles. The van der Waals surface area contributed by atoms with Crippen molar-refractivity contribution in [2.75, 3.05) is 6.54 Å². The molecule has 39 heavy (non-hydrogen) atoms. The summed E-state index contributed by atoms with van der Waals surface area (Å²) in [5.74, 6) is 0.948. The number of nitrogens with zero attached hydrogens (tertiary/aromatic N) is 5. The molecule has 0 bridgehead atoms. The highest BCUT2D eigenvalue weighted by molar-refractivity contribution is 7.90. The number of thiazole rings is 1. The summed E-state index contributed by atoms with van der Waals surface area (Å²) in [6.07, 6.45) is 0. The Morgan fingerprint density at radius 1 is 0.897 bits per heavy atom. The predicted octanol–water partition coefficient (Wildman–Crippen LogP) is 5.35. The zero-order chi connectivity index (χ0) is 27.0. The number of halogens is 1. The summed E-state index contributed by atoms with van der Waals surface area (Å²) in [6, 6.07) is 23.7. The van der Waals surface area contributed by atoms with Crippen LogP contribution in [0, 0.1) is 0 Å². The number of aromatic nitrogens is 4. The van der Waals surface area contributed by atoms with Crippen LogP contribution in [-0.4, -0.2) is 45.5 Å². The summed E-state index contributed by atoms with van der Waals surface area (Å²) < 4.78 is 27.5. The Labute approximate surface area is 234 Å². The van der Waals surface area contributed by atoms with E-state index in [-0.39, 0.29) is 16.6 Å². The summed E-state index contributed by atoms with van der Waals surface area (Å²) in [7, 11) is -3.56. The molecule has 5 aromatic rings. The first kappa shape index (κ1) is 25.4. The van der Waals surface area contributed by atoms with Gasteiger partial charge in [0.05, 0.1) is 11.4 Å². The first-order chi connectivity index (χ1) is 18.9. The molecule has 1 aliphatic heterocycles. The van der Waals surface area contributed by atoms with Gasteiger partial charge >= 0.3 is 0 Å². The lowest BCUT2D eigenvalue weighted by Gasteiger charge is -2.27. The highest BCUT2D eigenvalue weighted by Gasteiger charge is 2.27. The second-order valence-corrected chi connectivity index (χ2v) is 12.5. The normalized spacial score (nSPS) is 13.3. The lowest BCUT2D eigenvalue weighted by molar-refractivity contribution is 0.0708. The van der Waals surface area contributed by atoms with Crippen LogP contribution in [-0.2, 0) is 28.7 Å². The van der Waals surface area contributed by atoms with Crippen LogP contribution in [0.1, 0.15) is 21.2 Å². The Morgan fingerprint density at radius 3 is 2.36 bits per heavy atom. The van der Waals surface area contributed by atoms with E-state index in [1.807, 2.05) is 59.2 Å². The topological polar surface area (TPSA) is 98.0 Å². The van der Waals surface area contributed by atoms with Crippen LogP contribution in [0.15, 0.2) is 89.1 Å². The predicted molar refractivity (Wildman–Crippen MR) is 150 cm³/mol. The molecule has 0 unspecified atom stereocenters. The number of sulfone groups is 1. The Balaban J connectivity index is 1.15. The van der Waals surface area contributed by atoms with E-state index in [1.165, 1.54) is 23.5 Å². The van der Waals surface area contributed by atoms with Crippen molar-refractivity contribution in [2.24, 2.45) is 0 Å². The third-order valence-corrected chi connectivity index (χ3v) is 9.47. The quantitative estimate of drug-likeness (QED) is 0.271. The van der Waals surface area contributed by atoms with Gasteiger partial charge in [0.2, 0.25) is 0 Å². The molecular formula is C28H22ClN5O3S2. The Kier molecular flexibility index (Phi) is 6.76. The molecule has 8 nitrogen and oxygen atoms in total. The van der Waals surface area contributed by atoms with Gasteiger partial charge in [-0.15, -0.1) is 21.5 Å². The molecule has 11 heteroatoms. The molecule has 3 heterocycles. The molecule has 0 saturated carbocycles. The molecule has 0 aliphatic carbocycles. The molecule has 0 radical (unpaired) electrons. The van der Waals surface area contributed by atoms with Gasteiger partial charge in [-0.05, 0) is 47.5 Å². The zero-order valence-corrected chi connectivity index (χ0v) is 23.0. The first-order valence-corrected chi connectivity index (χ1v) is 15.1. The summed E-state index contributed by atoms with van der Waals surface area (Å²) in [5.41, 5.74) is 3.34. The Bertz CT molecular complexity index is 1750. The van der Waals surface area contributed by atoms with Crippen molar-refractivity contribution in [2.45, 2.75) is 23.7 Å². The van der Waals surface area contributed by atoms with E-state index in [4.69, 9.17) is 11.6 Å². The zero-order valence-electron chi connectivity index (χ0n) is 20.6. The second kappa shape index (κ2) is 10.4. The van der Waals surface area contributed by atoms with Crippen molar-refractivity contribution in [1.82, 2.24) is 24.6 Å². The lowest BCUT2D eigenvalue weighted by Crippen LogP contribution is -2.38. The maximum atomic E-state index is 13.2. The van der Waals surface area contributed by atoms with Crippen molar-refractivity contribution in [1.29, 1.82) is 0 Å². The number of carbonyl (C=O) groups excluding carboxylic acids is 1. The maximum Gasteiger partial charge on any atom is 0.254 e. The minimum atomic E-state index is -3.56. The van der Waals surface area contributed by atoms with Crippen molar-refractivity contribution in [3.8, 4) is 22.6 Å². The van der Waals surface area contributed by atoms with Crippen molar-refractivity contribution >= 4 is 38.7 Å². The summed E-state index contributed by atoms with van der Waals surface area (Å²) >= 11 is 7.15. The molecule has 1 aliphatic rings. The van der Waals surface area contributed by atoms with Gasteiger partial charge in [-0.3, -0.25) is 4.79 Å². The number of hydrogen-bond donors (Lipinski definition) is 0. The van der Waals surface area contributed by atoms with Gasteiger partial charge in [0.25, 0.3) is 5.91 Å². The SMILES string of the molecule is O=C(c1ccc(-c2ccccc2)cc1)N1CCn2c(nnc2-c2csc(CS(=O)(=O)c3ccc(Cl)cc3)n2)C1. The summed E-state index contributed by atoms with van der Waals surface area (Å²) in [5, 5.41) is 11.3. The standard InChI is InChI=1S/C28H22ClN5O3S2/c29-22-10-12-23(13-11-22)39(36,37)18-26-30-24(17-38-26)27-32-31-25-16-33(14-15-34(25)27)28(35)21-8-6-20(7-9-21)19-4-2-1-3-5-19/h1-13,17H,14-16,18H2. The van der Waals surface area contributed by atoms with Crippen LogP contribution in [0.4, 0.5) is 0 Å². The van der Waals surface area contributed by atoms with Crippen LogP contribution in [0.5, 0.6) is 0 Å². The number of fused-ring (bicyclic) bond motifs is 1. The van der Waals surface area contributed by atoms with E-state index in [2.05, 4.69) is 15.2 Å². The second-order valence-electron chi connectivity index (χ2n) is 9.10. The number of amides is 1. The van der Waals surface area contributed by atoms with E-state index in [9.17, 15) is 13.2 Å². The fourth-order valence-electron chi connectivity index (χ4n) is 4.51. The fraction of sp³-hybridized carbons (Fsp3) is 0.143. The average Bonchev–Trinajstić information content (AvgIpc) is 3.59. The Morgan fingerprint density at radius 2 is 1.62 bits per heavy atom. The number of carbonyl (C=O) groups is 1. The van der Waals surface area contributed by atoms with E-state index in [0.29, 0.717) is 52.6 Å². The smallest absolute Gasteiger partial charge is 0.254 e. The van der Waals surface area contributed by atoms with Crippen molar-refractivity contribution in [3.63, 3.8) is 0 Å². The summed E-state index contributed by atoms with van der Waals surface area (Å²) in [6.45, 7) is 1.34. The number of hydrogen-bond acceptors (Lipinski definition) is 7. The largest absolute Gasteiger partial charge is 0.329 e. The Hall–Kier alpha value is -3.86. The van der Waals surface area contributed by atoms with Gasteiger partial charge in [-0.25, -0.2) is 13.4 Å². The van der Waals surface area contributed by atoms with Gasteiger partial charge in [0.1, 0.15) is 16.5 Å². The van der Waals surface area contributed by atoms with Gasteiger partial charge < -0.3 is 9.47 Å². The highest BCUT2D eigenvalue weighted by atomic mass is 35.5. The molecule has 0 spiro atoms. The molecule has 0 atom stereocenters. The molecule has 0 fully saturated rings. The van der Waals surface area contributed by atoms with Gasteiger partial charge in [-0.1, -0.05) is 54.1 Å². The fourth-order valence-corrected chi connectivity index (χ4v) is 7.03.